The molecule has 1 amide bonds. The highest BCUT2D eigenvalue weighted by molar-refractivity contribution is 6.08. The molecule has 0 bridgehead atoms. The fourth-order valence-electron chi connectivity index (χ4n) is 3.11. The Balaban J connectivity index is 2.01. The van der Waals surface area contributed by atoms with Crippen LogP contribution in [0.15, 0.2) is 60.3 Å². The van der Waals surface area contributed by atoms with Crippen molar-refractivity contribution in [1.82, 2.24) is 0 Å². The van der Waals surface area contributed by atoms with Gasteiger partial charge in [-0.15, -0.1) is 0 Å². The molecule has 2 aromatic rings. The van der Waals surface area contributed by atoms with Crippen LogP contribution in [0.1, 0.15) is 36.0 Å². The second-order valence-electron chi connectivity index (χ2n) is 5.99. The van der Waals surface area contributed by atoms with E-state index in [0.29, 0.717) is 17.1 Å². The predicted octanol–water partition coefficient (Wildman–Crippen LogP) is 4.81. The first-order valence-corrected chi connectivity index (χ1v) is 8.55. The maximum Gasteiger partial charge on any atom is 0.262 e. The van der Waals surface area contributed by atoms with Gasteiger partial charge >= 0.3 is 0 Å². The fraction of sp³-hybridized carbons (Fsp3) is 0.286. The number of amides is 1. The van der Waals surface area contributed by atoms with Crippen molar-refractivity contribution < 1.29 is 14.3 Å². The normalized spacial score (nSPS) is 13.8. The SMILES string of the molecule is COc1ccc(C(=O)N(C2=CCCCC2)c2ccccc2)cc1OC. The maximum absolute atomic E-state index is 13.3. The van der Waals surface area contributed by atoms with Crippen LogP contribution in [0.25, 0.3) is 0 Å². The number of para-hydroxylation sites is 1. The lowest BCUT2D eigenvalue weighted by Gasteiger charge is -2.28. The number of ether oxygens (including phenoxy) is 2. The molecule has 0 aromatic heterocycles. The van der Waals surface area contributed by atoms with E-state index in [0.717, 1.165) is 30.6 Å². The summed E-state index contributed by atoms with van der Waals surface area (Å²) >= 11 is 0. The lowest BCUT2D eigenvalue weighted by molar-refractivity contribution is 0.0993. The third-order valence-corrected chi connectivity index (χ3v) is 4.40. The number of hydrogen-bond acceptors (Lipinski definition) is 3. The number of methoxy groups -OCH3 is 2. The summed E-state index contributed by atoms with van der Waals surface area (Å²) in [6.07, 6.45) is 6.38. The van der Waals surface area contributed by atoms with E-state index >= 15 is 0 Å². The van der Waals surface area contributed by atoms with Gasteiger partial charge < -0.3 is 9.47 Å². The molecular weight excluding hydrogens is 314 g/mol. The summed E-state index contributed by atoms with van der Waals surface area (Å²) in [6, 6.07) is 15.1. The molecule has 0 spiro atoms. The summed E-state index contributed by atoms with van der Waals surface area (Å²) in [6.45, 7) is 0. The highest BCUT2D eigenvalue weighted by atomic mass is 16.5. The van der Waals surface area contributed by atoms with Crippen LogP contribution in [0.5, 0.6) is 11.5 Å². The van der Waals surface area contributed by atoms with E-state index in [9.17, 15) is 4.79 Å². The lowest BCUT2D eigenvalue weighted by Crippen LogP contribution is -2.31. The number of rotatable bonds is 5. The van der Waals surface area contributed by atoms with Gasteiger partial charge in [-0.1, -0.05) is 24.3 Å². The van der Waals surface area contributed by atoms with Crippen molar-refractivity contribution in [2.24, 2.45) is 0 Å². The topological polar surface area (TPSA) is 38.8 Å². The van der Waals surface area contributed by atoms with Crippen LogP contribution in [0.4, 0.5) is 5.69 Å². The third kappa shape index (κ3) is 3.68. The molecule has 3 rings (SSSR count). The van der Waals surface area contributed by atoms with Gasteiger partial charge in [0, 0.05) is 16.9 Å². The predicted molar refractivity (Wildman–Crippen MR) is 99.3 cm³/mol. The monoisotopic (exact) mass is 337 g/mol. The van der Waals surface area contributed by atoms with Crippen molar-refractivity contribution in [2.75, 3.05) is 19.1 Å². The van der Waals surface area contributed by atoms with Crippen molar-refractivity contribution in [3.63, 3.8) is 0 Å². The van der Waals surface area contributed by atoms with Crippen molar-refractivity contribution in [2.45, 2.75) is 25.7 Å². The van der Waals surface area contributed by atoms with E-state index in [1.807, 2.05) is 35.2 Å². The summed E-state index contributed by atoms with van der Waals surface area (Å²) < 4.78 is 10.6. The molecule has 0 fully saturated rings. The maximum atomic E-state index is 13.3. The first-order valence-electron chi connectivity index (χ1n) is 8.55. The van der Waals surface area contributed by atoms with Crippen LogP contribution < -0.4 is 14.4 Å². The van der Waals surface area contributed by atoms with Gasteiger partial charge in [-0.3, -0.25) is 9.69 Å². The van der Waals surface area contributed by atoms with E-state index in [-0.39, 0.29) is 5.91 Å². The number of allylic oxidation sites excluding steroid dienone is 2. The molecule has 0 N–H and O–H groups in total. The van der Waals surface area contributed by atoms with Gasteiger partial charge in [-0.25, -0.2) is 0 Å². The second-order valence-corrected chi connectivity index (χ2v) is 5.99. The summed E-state index contributed by atoms with van der Waals surface area (Å²) in [5, 5.41) is 0. The van der Waals surface area contributed by atoms with Gasteiger partial charge in [0.05, 0.1) is 14.2 Å². The molecule has 0 radical (unpaired) electrons. The van der Waals surface area contributed by atoms with Crippen LogP contribution in [0.3, 0.4) is 0 Å². The number of hydrogen-bond donors (Lipinski definition) is 0. The Morgan fingerprint density at radius 3 is 2.36 bits per heavy atom. The minimum absolute atomic E-state index is 0.0553. The molecule has 130 valence electrons. The Bertz CT molecular complexity index is 768. The smallest absolute Gasteiger partial charge is 0.262 e. The molecule has 0 unspecified atom stereocenters. The van der Waals surface area contributed by atoms with Crippen molar-refractivity contribution in [3.8, 4) is 11.5 Å². The van der Waals surface area contributed by atoms with Gasteiger partial charge in [0.1, 0.15) is 0 Å². The molecule has 0 saturated heterocycles. The van der Waals surface area contributed by atoms with E-state index in [1.54, 1.807) is 32.4 Å². The molecule has 4 heteroatoms. The molecule has 0 atom stereocenters. The van der Waals surface area contributed by atoms with Crippen LogP contribution in [-0.4, -0.2) is 20.1 Å². The van der Waals surface area contributed by atoms with Crippen LogP contribution in [-0.2, 0) is 0 Å². The van der Waals surface area contributed by atoms with Gasteiger partial charge in [0.15, 0.2) is 11.5 Å². The third-order valence-electron chi connectivity index (χ3n) is 4.40. The van der Waals surface area contributed by atoms with Crippen LogP contribution in [0.2, 0.25) is 0 Å². The summed E-state index contributed by atoms with van der Waals surface area (Å²) in [5.74, 6) is 1.11. The highest BCUT2D eigenvalue weighted by Crippen LogP contribution is 2.32. The number of carbonyl (C=O) groups excluding carboxylic acids is 1. The zero-order chi connectivity index (χ0) is 17.6. The van der Waals surface area contributed by atoms with Crippen molar-refractivity contribution in [1.29, 1.82) is 0 Å². The van der Waals surface area contributed by atoms with Crippen LogP contribution in [0, 0.1) is 0 Å². The fourth-order valence-corrected chi connectivity index (χ4v) is 3.11. The quantitative estimate of drug-likeness (QED) is 0.786. The average molecular weight is 337 g/mol. The van der Waals surface area contributed by atoms with E-state index in [1.165, 1.54) is 6.42 Å². The highest BCUT2D eigenvalue weighted by Gasteiger charge is 2.23. The standard InChI is InChI=1S/C21H23NO3/c1-24-19-14-13-16(15-20(19)25-2)21(23)22(17-9-5-3-6-10-17)18-11-7-4-8-12-18/h3,5-6,9-11,13-15H,4,7-8,12H2,1-2H3. The Kier molecular flexibility index (Phi) is 5.39. The molecule has 1 aliphatic carbocycles. The number of anilines is 1. The van der Waals surface area contributed by atoms with Gasteiger partial charge in [-0.05, 0) is 56.0 Å². The van der Waals surface area contributed by atoms with Gasteiger partial charge in [0.2, 0.25) is 0 Å². The molecule has 1 aliphatic rings. The Hall–Kier alpha value is -2.75. The molecule has 2 aromatic carbocycles. The zero-order valence-corrected chi connectivity index (χ0v) is 14.7. The number of carbonyl (C=O) groups is 1. The Labute approximate surface area is 148 Å². The number of nitrogens with zero attached hydrogens (tertiary/aromatic N) is 1. The first-order chi connectivity index (χ1) is 12.2. The summed E-state index contributed by atoms with van der Waals surface area (Å²) in [5.41, 5.74) is 2.53. The van der Waals surface area contributed by atoms with Crippen molar-refractivity contribution >= 4 is 11.6 Å². The van der Waals surface area contributed by atoms with E-state index in [2.05, 4.69) is 6.08 Å². The number of benzene rings is 2. The summed E-state index contributed by atoms with van der Waals surface area (Å²) in [7, 11) is 3.16. The summed E-state index contributed by atoms with van der Waals surface area (Å²) in [4.78, 5) is 15.1. The van der Waals surface area contributed by atoms with Gasteiger partial charge in [-0.2, -0.15) is 0 Å². The minimum atomic E-state index is -0.0553. The molecule has 0 saturated carbocycles. The molecule has 4 nitrogen and oxygen atoms in total. The average Bonchev–Trinajstić information content (AvgIpc) is 2.69. The first kappa shape index (κ1) is 17.1. The van der Waals surface area contributed by atoms with E-state index < -0.39 is 0 Å². The van der Waals surface area contributed by atoms with Crippen molar-refractivity contribution in [3.05, 3.63) is 65.9 Å². The zero-order valence-electron chi connectivity index (χ0n) is 14.7. The Morgan fingerprint density at radius 1 is 0.960 bits per heavy atom. The lowest BCUT2D eigenvalue weighted by atomic mass is 10.0. The minimum Gasteiger partial charge on any atom is -0.493 e. The molecule has 0 heterocycles. The van der Waals surface area contributed by atoms with Crippen LogP contribution >= 0.6 is 0 Å². The van der Waals surface area contributed by atoms with Gasteiger partial charge in [0.25, 0.3) is 5.91 Å². The largest absolute Gasteiger partial charge is 0.493 e. The van der Waals surface area contributed by atoms with E-state index in [4.69, 9.17) is 9.47 Å². The Morgan fingerprint density at radius 2 is 1.72 bits per heavy atom. The molecule has 25 heavy (non-hydrogen) atoms. The molecule has 0 aliphatic heterocycles. The molecular formula is C21H23NO3. The second kappa shape index (κ2) is 7.88.